The Hall–Kier alpha value is -2.48. The van der Waals surface area contributed by atoms with Gasteiger partial charge in [-0.25, -0.2) is 4.79 Å². The number of nitrogens with zero attached hydrogens (tertiary/aromatic N) is 1. The molecule has 0 fully saturated rings. The molecule has 2 N–H and O–H groups in total. The molecular weight excluding hydrogens is 258 g/mol. The molecular formula is C10H7N3O4S. The maximum Gasteiger partial charge on any atom is 0.357 e. The SMILES string of the molecule is O=c1[nH]c(/C=C/c2cccs2)c([N+](=O)[O-])c(=O)[nH]1. The average molecular weight is 265 g/mol. The summed E-state index contributed by atoms with van der Waals surface area (Å²) in [4.78, 5) is 37.2. The summed E-state index contributed by atoms with van der Waals surface area (Å²) in [5.41, 5.74) is -2.60. The minimum atomic E-state index is -1.02. The van der Waals surface area contributed by atoms with Crippen molar-refractivity contribution in [2.75, 3.05) is 0 Å². The van der Waals surface area contributed by atoms with Crippen LogP contribution in [0.1, 0.15) is 10.6 Å². The van der Waals surface area contributed by atoms with Gasteiger partial charge in [0, 0.05) is 4.88 Å². The molecule has 0 aromatic carbocycles. The van der Waals surface area contributed by atoms with Gasteiger partial charge in [-0.1, -0.05) is 6.07 Å². The van der Waals surface area contributed by atoms with E-state index in [1.807, 2.05) is 16.4 Å². The number of rotatable bonds is 3. The normalized spacial score (nSPS) is 10.9. The van der Waals surface area contributed by atoms with Crippen LogP contribution < -0.4 is 11.2 Å². The number of hydrogen-bond acceptors (Lipinski definition) is 5. The van der Waals surface area contributed by atoms with Gasteiger partial charge < -0.3 is 4.98 Å². The number of H-pyrrole nitrogens is 2. The molecule has 2 aromatic heterocycles. The summed E-state index contributed by atoms with van der Waals surface area (Å²) in [7, 11) is 0. The largest absolute Gasteiger partial charge is 0.357 e. The molecule has 0 aliphatic carbocycles. The molecule has 18 heavy (non-hydrogen) atoms. The Labute approximate surface area is 104 Å². The van der Waals surface area contributed by atoms with Gasteiger partial charge in [0.2, 0.25) is 0 Å². The summed E-state index contributed by atoms with van der Waals surface area (Å²) in [6.07, 6.45) is 2.92. The van der Waals surface area contributed by atoms with E-state index in [1.165, 1.54) is 17.4 Å². The lowest BCUT2D eigenvalue weighted by Gasteiger charge is -1.95. The molecule has 2 aromatic rings. The van der Waals surface area contributed by atoms with Crippen LogP contribution in [0.5, 0.6) is 0 Å². The van der Waals surface area contributed by atoms with Crippen molar-refractivity contribution in [2.24, 2.45) is 0 Å². The highest BCUT2D eigenvalue weighted by molar-refractivity contribution is 7.10. The van der Waals surface area contributed by atoms with E-state index in [2.05, 4.69) is 4.98 Å². The molecule has 0 aliphatic heterocycles. The Balaban J connectivity index is 2.53. The molecule has 0 atom stereocenters. The van der Waals surface area contributed by atoms with Crippen molar-refractivity contribution in [1.29, 1.82) is 0 Å². The second kappa shape index (κ2) is 4.80. The zero-order chi connectivity index (χ0) is 13.1. The van der Waals surface area contributed by atoms with Crippen LogP contribution >= 0.6 is 11.3 Å². The number of thiophene rings is 1. The Morgan fingerprint density at radius 1 is 1.28 bits per heavy atom. The van der Waals surface area contributed by atoms with Crippen molar-refractivity contribution >= 4 is 29.2 Å². The lowest BCUT2D eigenvalue weighted by molar-refractivity contribution is -0.386. The van der Waals surface area contributed by atoms with E-state index >= 15 is 0 Å². The minimum absolute atomic E-state index is 0.123. The van der Waals surface area contributed by atoms with E-state index in [-0.39, 0.29) is 5.69 Å². The number of hydrogen-bond donors (Lipinski definition) is 2. The smallest absolute Gasteiger partial charge is 0.301 e. The number of aromatic amines is 2. The highest BCUT2D eigenvalue weighted by atomic mass is 32.1. The van der Waals surface area contributed by atoms with Crippen molar-refractivity contribution in [1.82, 2.24) is 9.97 Å². The van der Waals surface area contributed by atoms with Gasteiger partial charge in [0.1, 0.15) is 5.69 Å². The summed E-state index contributed by atoms with van der Waals surface area (Å²) in [6.45, 7) is 0. The third-order valence-electron chi connectivity index (χ3n) is 2.09. The molecule has 92 valence electrons. The van der Waals surface area contributed by atoms with E-state index in [1.54, 1.807) is 12.1 Å². The van der Waals surface area contributed by atoms with Gasteiger partial charge >= 0.3 is 16.9 Å². The molecule has 0 aliphatic rings. The quantitative estimate of drug-likeness (QED) is 0.642. The Morgan fingerprint density at radius 2 is 2.06 bits per heavy atom. The summed E-state index contributed by atoms with van der Waals surface area (Å²) >= 11 is 1.43. The standard InChI is InChI=1S/C10H7N3O4S/c14-9-8(13(16)17)7(11-10(15)12-9)4-3-6-2-1-5-18-6/h1-5H,(H2,11,12,14,15)/b4-3+. The molecule has 2 heterocycles. The van der Waals surface area contributed by atoms with E-state index < -0.39 is 21.9 Å². The zero-order valence-electron chi connectivity index (χ0n) is 8.88. The second-order valence-corrected chi connectivity index (χ2v) is 4.26. The van der Waals surface area contributed by atoms with E-state index in [4.69, 9.17) is 0 Å². The first kappa shape index (κ1) is 12.0. The first-order chi connectivity index (χ1) is 8.58. The number of nitro groups is 1. The molecule has 0 saturated carbocycles. The molecule has 0 bridgehead atoms. The highest BCUT2D eigenvalue weighted by Gasteiger charge is 2.18. The first-order valence-corrected chi connectivity index (χ1v) is 5.68. The summed E-state index contributed by atoms with van der Waals surface area (Å²) in [6, 6.07) is 3.62. The fraction of sp³-hybridized carbons (Fsp3) is 0. The Morgan fingerprint density at radius 3 is 2.67 bits per heavy atom. The summed E-state index contributed by atoms with van der Waals surface area (Å²) in [5.74, 6) is 0. The zero-order valence-corrected chi connectivity index (χ0v) is 9.69. The number of aromatic nitrogens is 2. The Kier molecular flexibility index (Phi) is 3.20. The highest BCUT2D eigenvalue weighted by Crippen LogP contribution is 2.15. The maximum atomic E-state index is 11.3. The van der Waals surface area contributed by atoms with Crippen molar-refractivity contribution in [3.05, 3.63) is 59.0 Å². The van der Waals surface area contributed by atoms with Crippen LogP contribution in [0.3, 0.4) is 0 Å². The monoisotopic (exact) mass is 265 g/mol. The van der Waals surface area contributed by atoms with Crippen molar-refractivity contribution in [3.63, 3.8) is 0 Å². The molecule has 0 amide bonds. The molecule has 7 nitrogen and oxygen atoms in total. The predicted octanol–water partition coefficient (Wildman–Crippen LogP) is 1.20. The summed E-state index contributed by atoms with van der Waals surface area (Å²) < 4.78 is 0. The molecule has 0 spiro atoms. The van der Waals surface area contributed by atoms with Gasteiger partial charge in [-0.2, -0.15) is 0 Å². The van der Waals surface area contributed by atoms with Crippen LogP contribution in [0.15, 0.2) is 27.1 Å². The number of nitrogens with one attached hydrogen (secondary N) is 2. The van der Waals surface area contributed by atoms with Crippen molar-refractivity contribution in [2.45, 2.75) is 0 Å². The second-order valence-electron chi connectivity index (χ2n) is 3.28. The van der Waals surface area contributed by atoms with Gasteiger partial charge in [0.05, 0.1) is 4.92 Å². The van der Waals surface area contributed by atoms with Crippen LogP contribution in [-0.2, 0) is 0 Å². The molecule has 0 radical (unpaired) electrons. The predicted molar refractivity (Wildman–Crippen MR) is 67.6 cm³/mol. The minimum Gasteiger partial charge on any atom is -0.301 e. The van der Waals surface area contributed by atoms with Crippen LogP contribution in [0.25, 0.3) is 12.2 Å². The van der Waals surface area contributed by atoms with Crippen LogP contribution in [0.2, 0.25) is 0 Å². The van der Waals surface area contributed by atoms with Gasteiger partial charge in [0.25, 0.3) is 0 Å². The molecule has 2 rings (SSSR count). The fourth-order valence-corrected chi connectivity index (χ4v) is 1.97. The van der Waals surface area contributed by atoms with Crippen LogP contribution in [0, 0.1) is 10.1 Å². The lowest BCUT2D eigenvalue weighted by Crippen LogP contribution is -2.25. The van der Waals surface area contributed by atoms with E-state index in [0.29, 0.717) is 0 Å². The summed E-state index contributed by atoms with van der Waals surface area (Å²) in [5, 5.41) is 12.6. The first-order valence-electron chi connectivity index (χ1n) is 4.80. The van der Waals surface area contributed by atoms with Gasteiger partial charge in [0.15, 0.2) is 0 Å². The van der Waals surface area contributed by atoms with Gasteiger partial charge in [-0.3, -0.25) is 19.9 Å². The third kappa shape index (κ3) is 2.43. The molecule has 0 saturated heterocycles. The van der Waals surface area contributed by atoms with E-state index in [9.17, 15) is 19.7 Å². The maximum absolute atomic E-state index is 11.3. The molecule has 0 unspecified atom stereocenters. The van der Waals surface area contributed by atoms with Crippen molar-refractivity contribution < 1.29 is 4.92 Å². The average Bonchev–Trinajstić information content (AvgIpc) is 2.77. The fourth-order valence-electron chi connectivity index (χ4n) is 1.35. The Bertz CT molecular complexity index is 711. The van der Waals surface area contributed by atoms with Gasteiger partial charge in [-0.05, 0) is 23.6 Å². The van der Waals surface area contributed by atoms with Crippen molar-refractivity contribution in [3.8, 4) is 0 Å². The topological polar surface area (TPSA) is 109 Å². The van der Waals surface area contributed by atoms with E-state index in [0.717, 1.165) is 4.88 Å². The van der Waals surface area contributed by atoms with Crippen LogP contribution in [-0.4, -0.2) is 14.9 Å². The third-order valence-corrected chi connectivity index (χ3v) is 2.92. The van der Waals surface area contributed by atoms with Crippen LogP contribution in [0.4, 0.5) is 5.69 Å². The van der Waals surface area contributed by atoms with Gasteiger partial charge in [-0.15, -0.1) is 11.3 Å². The lowest BCUT2D eigenvalue weighted by atomic mass is 10.3. The molecule has 8 heteroatoms.